The molecular weight excluding hydrogens is 357 g/mol. The first-order valence-corrected chi connectivity index (χ1v) is 7.47. The van der Waals surface area contributed by atoms with E-state index in [1.54, 1.807) is 12.1 Å². The summed E-state index contributed by atoms with van der Waals surface area (Å²) in [5.74, 6) is 0.377. The number of hydrogen-bond donors (Lipinski definition) is 2. The summed E-state index contributed by atoms with van der Waals surface area (Å²) in [5, 5.41) is 5.87. The van der Waals surface area contributed by atoms with Crippen molar-refractivity contribution >= 4 is 52.8 Å². The van der Waals surface area contributed by atoms with Gasteiger partial charge in [0.15, 0.2) is 0 Å². The van der Waals surface area contributed by atoms with Gasteiger partial charge in [-0.2, -0.15) is 0 Å². The van der Waals surface area contributed by atoms with Crippen LogP contribution in [0.4, 0.5) is 0 Å². The van der Waals surface area contributed by atoms with Crippen molar-refractivity contribution in [1.29, 1.82) is 0 Å². The van der Waals surface area contributed by atoms with Crippen molar-refractivity contribution < 1.29 is 9.53 Å². The fraction of sp³-hybridized carbons (Fsp3) is 0. The molecular formula is C12H8Cl3N3O2S. The van der Waals surface area contributed by atoms with Crippen molar-refractivity contribution in [3.05, 3.63) is 51.2 Å². The molecule has 0 aliphatic rings. The predicted octanol–water partition coefficient (Wildman–Crippen LogP) is 4.09. The van der Waals surface area contributed by atoms with Gasteiger partial charge in [0.2, 0.25) is 0 Å². The monoisotopic (exact) mass is 363 g/mol. The summed E-state index contributed by atoms with van der Waals surface area (Å²) in [7, 11) is 0. The molecule has 0 radical (unpaired) electrons. The molecule has 0 saturated carbocycles. The molecule has 2 aromatic rings. The molecule has 1 aromatic heterocycles. The average molecular weight is 365 g/mol. The Morgan fingerprint density at radius 1 is 1.24 bits per heavy atom. The third-order valence-electron chi connectivity index (χ3n) is 2.34. The number of aromatic nitrogens is 1. The highest BCUT2D eigenvalue weighted by Crippen LogP contribution is 2.32. The fourth-order valence-corrected chi connectivity index (χ4v) is 2.13. The number of nitrogens with one attached hydrogen (secondary N) is 1. The maximum Gasteiger partial charge on any atom is 0.262 e. The maximum absolute atomic E-state index is 11.6. The van der Waals surface area contributed by atoms with Gasteiger partial charge in [0.25, 0.3) is 5.91 Å². The van der Waals surface area contributed by atoms with Gasteiger partial charge in [-0.1, -0.05) is 34.8 Å². The minimum atomic E-state index is -0.354. The van der Waals surface area contributed by atoms with E-state index in [4.69, 9.17) is 44.7 Å². The number of hydrogen-bond acceptors (Lipinski definition) is 5. The molecule has 5 nitrogen and oxygen atoms in total. The number of pyridine rings is 1. The lowest BCUT2D eigenvalue weighted by Crippen LogP contribution is -2.17. The smallest absolute Gasteiger partial charge is 0.262 e. The Morgan fingerprint density at radius 2 is 2.00 bits per heavy atom. The normalized spacial score (nSPS) is 10.3. The average Bonchev–Trinajstić information content (AvgIpc) is 2.45. The van der Waals surface area contributed by atoms with Crippen LogP contribution in [0.5, 0.6) is 11.5 Å². The van der Waals surface area contributed by atoms with Gasteiger partial charge in [-0.15, -0.1) is 0 Å². The van der Waals surface area contributed by atoms with E-state index in [0.717, 1.165) is 0 Å². The first-order valence-electron chi connectivity index (χ1n) is 5.46. The van der Waals surface area contributed by atoms with E-state index in [1.165, 1.54) is 18.3 Å². The molecule has 0 atom stereocenters. The van der Waals surface area contributed by atoms with Crippen LogP contribution in [0.3, 0.4) is 0 Å². The van der Waals surface area contributed by atoms with Crippen LogP contribution in [0.25, 0.3) is 0 Å². The number of rotatable bonds is 4. The van der Waals surface area contributed by atoms with Gasteiger partial charge in [-0.05, 0) is 18.2 Å². The molecule has 0 saturated heterocycles. The topological polar surface area (TPSA) is 77.2 Å². The number of nitrogens with two attached hydrogens (primary N) is 1. The second-order valence-corrected chi connectivity index (χ2v) is 5.35. The minimum Gasteiger partial charge on any atom is -0.454 e. The van der Waals surface area contributed by atoms with E-state index in [-0.39, 0.29) is 21.1 Å². The number of carbonyl (C=O) groups excluding carboxylic acids is 1. The zero-order valence-corrected chi connectivity index (χ0v) is 13.4. The number of halogens is 3. The van der Waals surface area contributed by atoms with Gasteiger partial charge in [0, 0.05) is 23.8 Å². The molecule has 110 valence electrons. The third-order valence-corrected chi connectivity index (χ3v) is 3.63. The molecule has 0 aliphatic heterocycles. The zero-order chi connectivity index (χ0) is 15.4. The van der Waals surface area contributed by atoms with E-state index in [9.17, 15) is 4.79 Å². The second-order valence-electron chi connectivity index (χ2n) is 3.74. The standard InChI is InChI=1S/C12H8Cl3N3O2S/c13-8-3-6(12(19)18-21-16)1-2-10(8)20-7-4-9(14)11(15)17-5-7/h1-5H,16H2,(H,18,19). The Hall–Kier alpha value is -1.18. The van der Waals surface area contributed by atoms with E-state index >= 15 is 0 Å². The fourth-order valence-electron chi connectivity index (χ4n) is 1.42. The van der Waals surface area contributed by atoms with Gasteiger partial charge >= 0.3 is 0 Å². The van der Waals surface area contributed by atoms with Crippen molar-refractivity contribution in [2.45, 2.75) is 0 Å². The predicted molar refractivity (Wildman–Crippen MR) is 85.0 cm³/mol. The number of nitrogens with zero attached hydrogens (tertiary/aromatic N) is 1. The first kappa shape index (κ1) is 16.2. The molecule has 2 rings (SSSR count). The number of benzene rings is 1. The van der Waals surface area contributed by atoms with Crippen LogP contribution in [0.2, 0.25) is 15.2 Å². The third kappa shape index (κ3) is 4.15. The molecule has 0 spiro atoms. The summed E-state index contributed by atoms with van der Waals surface area (Å²) in [6.45, 7) is 0. The Bertz CT molecular complexity index is 685. The highest BCUT2D eigenvalue weighted by atomic mass is 35.5. The Labute approximate surface area is 140 Å². The summed E-state index contributed by atoms with van der Waals surface area (Å²) in [6, 6.07) is 6.09. The zero-order valence-electron chi connectivity index (χ0n) is 10.3. The molecule has 3 N–H and O–H groups in total. The molecule has 0 aliphatic carbocycles. The van der Waals surface area contributed by atoms with Crippen LogP contribution in [0, 0.1) is 0 Å². The Morgan fingerprint density at radius 3 is 2.62 bits per heavy atom. The lowest BCUT2D eigenvalue weighted by molar-refractivity contribution is 0.0984. The number of carbonyl (C=O) groups is 1. The Kier molecular flexibility index (Phi) is 5.55. The first-order chi connectivity index (χ1) is 10.0. The van der Waals surface area contributed by atoms with Gasteiger partial charge in [-0.3, -0.25) is 14.7 Å². The van der Waals surface area contributed by atoms with Crippen LogP contribution in [-0.4, -0.2) is 10.9 Å². The lowest BCUT2D eigenvalue weighted by atomic mass is 10.2. The molecule has 21 heavy (non-hydrogen) atoms. The van der Waals surface area contributed by atoms with E-state index in [1.807, 2.05) is 0 Å². The van der Waals surface area contributed by atoms with E-state index in [0.29, 0.717) is 29.2 Å². The summed E-state index contributed by atoms with van der Waals surface area (Å²) in [5.41, 5.74) is 0.359. The maximum atomic E-state index is 11.6. The van der Waals surface area contributed by atoms with E-state index in [2.05, 4.69) is 9.71 Å². The Balaban J connectivity index is 2.21. The molecule has 1 aromatic carbocycles. The van der Waals surface area contributed by atoms with Gasteiger partial charge in [0.1, 0.15) is 16.7 Å². The molecule has 0 unspecified atom stereocenters. The number of ether oxygens (including phenoxy) is 1. The summed E-state index contributed by atoms with van der Waals surface area (Å²) in [4.78, 5) is 15.5. The minimum absolute atomic E-state index is 0.182. The largest absolute Gasteiger partial charge is 0.454 e. The quantitative estimate of drug-likeness (QED) is 0.631. The van der Waals surface area contributed by atoms with Crippen LogP contribution in [-0.2, 0) is 0 Å². The second kappa shape index (κ2) is 7.20. The van der Waals surface area contributed by atoms with Crippen LogP contribution < -0.4 is 14.6 Å². The van der Waals surface area contributed by atoms with Crippen molar-refractivity contribution in [2.24, 2.45) is 5.14 Å². The van der Waals surface area contributed by atoms with Crippen LogP contribution in [0.1, 0.15) is 10.4 Å². The molecule has 1 amide bonds. The molecule has 9 heteroatoms. The van der Waals surface area contributed by atoms with Gasteiger partial charge < -0.3 is 4.74 Å². The SMILES string of the molecule is NSNC(=O)c1ccc(Oc2cnc(Cl)c(Cl)c2)c(Cl)c1. The van der Waals surface area contributed by atoms with Crippen molar-refractivity contribution in [1.82, 2.24) is 9.71 Å². The highest BCUT2D eigenvalue weighted by Gasteiger charge is 2.10. The molecule has 1 heterocycles. The highest BCUT2D eigenvalue weighted by molar-refractivity contribution is 7.95. The van der Waals surface area contributed by atoms with Crippen molar-refractivity contribution in [3.8, 4) is 11.5 Å². The summed E-state index contributed by atoms with van der Waals surface area (Å²) >= 11 is 18.3. The summed E-state index contributed by atoms with van der Waals surface area (Å²) < 4.78 is 7.93. The van der Waals surface area contributed by atoms with Crippen LogP contribution >= 0.6 is 46.9 Å². The van der Waals surface area contributed by atoms with E-state index < -0.39 is 0 Å². The van der Waals surface area contributed by atoms with Gasteiger partial charge in [0.05, 0.1) is 16.2 Å². The van der Waals surface area contributed by atoms with Gasteiger partial charge in [-0.25, -0.2) is 4.98 Å². The summed E-state index contributed by atoms with van der Waals surface area (Å²) in [6.07, 6.45) is 1.41. The van der Waals surface area contributed by atoms with Crippen molar-refractivity contribution in [2.75, 3.05) is 0 Å². The molecule has 0 fully saturated rings. The number of amides is 1. The lowest BCUT2D eigenvalue weighted by Gasteiger charge is -2.09. The molecule has 0 bridgehead atoms. The van der Waals surface area contributed by atoms with Crippen LogP contribution in [0.15, 0.2) is 30.5 Å². The van der Waals surface area contributed by atoms with Crippen molar-refractivity contribution in [3.63, 3.8) is 0 Å².